The lowest BCUT2D eigenvalue weighted by molar-refractivity contribution is -0.129. The van der Waals surface area contributed by atoms with Crippen LogP contribution in [-0.4, -0.2) is 43.6 Å². The highest BCUT2D eigenvalue weighted by Gasteiger charge is 2.36. The van der Waals surface area contributed by atoms with Crippen molar-refractivity contribution < 1.29 is 4.79 Å². The summed E-state index contributed by atoms with van der Waals surface area (Å²) in [7, 11) is 0. The fourth-order valence-corrected chi connectivity index (χ4v) is 2.62. The van der Waals surface area contributed by atoms with Gasteiger partial charge in [0.15, 0.2) is 0 Å². The average molecular weight is 205 g/mol. The zero-order valence-corrected chi connectivity index (χ0v) is 9.52. The molecule has 15 heavy (non-hydrogen) atoms. The van der Waals surface area contributed by atoms with Crippen LogP contribution in [-0.2, 0) is 4.79 Å². The van der Waals surface area contributed by atoms with Crippen molar-refractivity contribution in [1.82, 2.24) is 4.90 Å². The Morgan fingerprint density at radius 3 is 2.73 bits per heavy atom. The molecular weight excluding hydrogens is 187 g/mol. The molecular formula is C11H18BN2O. The molecule has 81 valence electrons. The molecule has 2 rings (SSSR count). The molecule has 3 radical (unpaired) electrons. The molecule has 0 aromatic heterocycles. The summed E-state index contributed by atoms with van der Waals surface area (Å²) in [5, 5.41) is 0. The molecule has 0 N–H and O–H groups in total. The van der Waals surface area contributed by atoms with Crippen LogP contribution in [0.5, 0.6) is 0 Å². The van der Waals surface area contributed by atoms with Crippen molar-refractivity contribution in [2.75, 3.05) is 0 Å². The van der Waals surface area contributed by atoms with Gasteiger partial charge in [-0.1, -0.05) is 12.8 Å². The third kappa shape index (κ3) is 2.24. The summed E-state index contributed by atoms with van der Waals surface area (Å²) in [6.07, 6.45) is 6.31. The van der Waals surface area contributed by atoms with E-state index in [1.807, 2.05) is 4.90 Å². The molecule has 2 aliphatic rings. The average Bonchev–Trinajstić information content (AvgIpc) is 2.17. The minimum atomic E-state index is 0. The van der Waals surface area contributed by atoms with E-state index in [1.54, 1.807) is 0 Å². The molecule has 3 nitrogen and oxygen atoms in total. The molecule has 1 saturated carbocycles. The molecule has 0 aromatic carbocycles. The summed E-state index contributed by atoms with van der Waals surface area (Å²) in [6, 6.07) is 1.06. The molecule has 1 heterocycles. The Morgan fingerprint density at radius 2 is 2.07 bits per heavy atom. The summed E-state index contributed by atoms with van der Waals surface area (Å²) < 4.78 is 0. The van der Waals surface area contributed by atoms with Gasteiger partial charge in [-0.2, -0.15) is 0 Å². The third-order valence-electron chi connectivity index (χ3n) is 3.24. The normalized spacial score (nSPS) is 30.1. The standard InChI is InChI=1S/C11H18N2O.B/c1-8(2)13-10-6-4-3-5-9(10)12-7-11(13)14;/h7-10H,3-6H2,1-2H3;. The number of carbonyl (C=O) groups is 1. The fraction of sp³-hybridized carbons (Fsp3) is 0.818. The van der Waals surface area contributed by atoms with Crippen LogP contribution in [0.3, 0.4) is 0 Å². The van der Waals surface area contributed by atoms with Gasteiger partial charge in [0.25, 0.3) is 5.91 Å². The van der Waals surface area contributed by atoms with Crippen molar-refractivity contribution >= 4 is 20.5 Å². The second-order valence-electron chi connectivity index (χ2n) is 4.54. The quantitative estimate of drug-likeness (QED) is 0.592. The minimum Gasteiger partial charge on any atom is -0.330 e. The highest BCUT2D eigenvalue weighted by atomic mass is 16.2. The molecule has 1 amide bonds. The highest BCUT2D eigenvalue weighted by molar-refractivity contribution is 6.26. The first-order chi connectivity index (χ1) is 6.70. The number of nitrogens with zero attached hydrogens (tertiary/aromatic N) is 2. The first-order valence-electron chi connectivity index (χ1n) is 5.55. The van der Waals surface area contributed by atoms with Gasteiger partial charge in [-0.25, -0.2) is 0 Å². The number of carbonyl (C=O) groups excluding carboxylic acids is 1. The Morgan fingerprint density at radius 1 is 1.40 bits per heavy atom. The Labute approximate surface area is 93.5 Å². The maximum absolute atomic E-state index is 11.7. The number of amides is 1. The van der Waals surface area contributed by atoms with Gasteiger partial charge in [-0.05, 0) is 26.7 Å². The lowest BCUT2D eigenvalue weighted by Crippen LogP contribution is -2.54. The lowest BCUT2D eigenvalue weighted by Gasteiger charge is -2.42. The van der Waals surface area contributed by atoms with Gasteiger partial charge in [-0.15, -0.1) is 0 Å². The molecule has 4 heteroatoms. The monoisotopic (exact) mass is 205 g/mol. The summed E-state index contributed by atoms with van der Waals surface area (Å²) in [5.41, 5.74) is 0. The molecule has 0 saturated heterocycles. The van der Waals surface area contributed by atoms with Gasteiger partial charge in [0, 0.05) is 14.5 Å². The summed E-state index contributed by atoms with van der Waals surface area (Å²) in [6.45, 7) is 4.17. The molecule has 0 spiro atoms. The van der Waals surface area contributed by atoms with Gasteiger partial charge in [0.05, 0.1) is 18.3 Å². The smallest absolute Gasteiger partial charge is 0.265 e. The van der Waals surface area contributed by atoms with Gasteiger partial charge >= 0.3 is 0 Å². The molecule has 1 aliphatic carbocycles. The predicted octanol–water partition coefficient (Wildman–Crippen LogP) is 1.24. The largest absolute Gasteiger partial charge is 0.330 e. The Kier molecular flexibility index (Phi) is 3.94. The molecule has 0 aromatic rings. The van der Waals surface area contributed by atoms with Crippen molar-refractivity contribution in [1.29, 1.82) is 0 Å². The second-order valence-corrected chi connectivity index (χ2v) is 4.54. The van der Waals surface area contributed by atoms with E-state index in [0.29, 0.717) is 18.1 Å². The number of hydrogen-bond acceptors (Lipinski definition) is 2. The second kappa shape index (κ2) is 4.82. The van der Waals surface area contributed by atoms with Crippen LogP contribution >= 0.6 is 0 Å². The third-order valence-corrected chi connectivity index (χ3v) is 3.24. The van der Waals surface area contributed by atoms with Crippen LogP contribution in [0.15, 0.2) is 4.99 Å². The van der Waals surface area contributed by atoms with E-state index in [1.165, 1.54) is 19.1 Å². The van der Waals surface area contributed by atoms with Crippen molar-refractivity contribution in [2.45, 2.75) is 57.7 Å². The summed E-state index contributed by atoms with van der Waals surface area (Å²) in [5.74, 6) is 0.100. The Balaban J connectivity index is 0.00000112. The van der Waals surface area contributed by atoms with Crippen LogP contribution in [0, 0.1) is 0 Å². The number of hydrogen-bond donors (Lipinski definition) is 0. The number of rotatable bonds is 1. The predicted molar refractivity (Wildman–Crippen MR) is 62.3 cm³/mol. The first-order valence-corrected chi connectivity index (χ1v) is 5.55. The molecule has 1 fully saturated rings. The molecule has 2 unspecified atom stereocenters. The van der Waals surface area contributed by atoms with E-state index >= 15 is 0 Å². The molecule has 0 bridgehead atoms. The molecule has 1 aliphatic heterocycles. The maximum atomic E-state index is 11.7. The van der Waals surface area contributed by atoms with E-state index in [9.17, 15) is 4.79 Å². The zero-order chi connectivity index (χ0) is 10.1. The van der Waals surface area contributed by atoms with Crippen molar-refractivity contribution in [2.24, 2.45) is 4.99 Å². The van der Waals surface area contributed by atoms with Gasteiger partial charge in [0.2, 0.25) is 0 Å². The molecule has 2 atom stereocenters. The topological polar surface area (TPSA) is 32.7 Å². The maximum Gasteiger partial charge on any atom is 0.265 e. The van der Waals surface area contributed by atoms with E-state index in [2.05, 4.69) is 18.8 Å². The fourth-order valence-electron chi connectivity index (χ4n) is 2.62. The summed E-state index contributed by atoms with van der Waals surface area (Å²) >= 11 is 0. The van der Waals surface area contributed by atoms with Gasteiger partial charge in [-0.3, -0.25) is 9.79 Å². The van der Waals surface area contributed by atoms with E-state index in [0.717, 1.165) is 12.8 Å². The van der Waals surface area contributed by atoms with Crippen LogP contribution in [0.1, 0.15) is 39.5 Å². The van der Waals surface area contributed by atoms with Crippen LogP contribution < -0.4 is 0 Å². The number of fused-ring (bicyclic) bond motifs is 1. The van der Waals surface area contributed by atoms with E-state index < -0.39 is 0 Å². The highest BCUT2D eigenvalue weighted by Crippen LogP contribution is 2.28. The van der Waals surface area contributed by atoms with E-state index in [-0.39, 0.29) is 14.3 Å². The summed E-state index contributed by atoms with van der Waals surface area (Å²) in [4.78, 5) is 18.0. The zero-order valence-electron chi connectivity index (χ0n) is 9.52. The van der Waals surface area contributed by atoms with E-state index in [4.69, 9.17) is 0 Å². The number of aliphatic imine (C=N–C) groups is 1. The Bertz CT molecular complexity index is 265. The SMILES string of the molecule is CC(C)N1C(=O)C=NC2CCCCC21.[B]. The van der Waals surface area contributed by atoms with Crippen LogP contribution in [0.25, 0.3) is 0 Å². The van der Waals surface area contributed by atoms with Gasteiger partial charge in [0.1, 0.15) is 0 Å². The minimum absolute atomic E-state index is 0. The van der Waals surface area contributed by atoms with Crippen molar-refractivity contribution in [3.8, 4) is 0 Å². The Hall–Kier alpha value is -0.795. The van der Waals surface area contributed by atoms with Crippen molar-refractivity contribution in [3.63, 3.8) is 0 Å². The van der Waals surface area contributed by atoms with Crippen molar-refractivity contribution in [3.05, 3.63) is 0 Å². The van der Waals surface area contributed by atoms with Gasteiger partial charge < -0.3 is 4.90 Å². The first kappa shape index (κ1) is 12.3. The lowest BCUT2D eigenvalue weighted by atomic mass is 9.88. The van der Waals surface area contributed by atoms with Crippen LogP contribution in [0.4, 0.5) is 0 Å². The van der Waals surface area contributed by atoms with Crippen LogP contribution in [0.2, 0.25) is 0 Å².